The molecule has 1 amide bonds. The maximum atomic E-state index is 12.1. The van der Waals surface area contributed by atoms with E-state index in [0.717, 1.165) is 11.5 Å². The molecule has 0 radical (unpaired) electrons. The van der Waals surface area contributed by atoms with E-state index in [2.05, 4.69) is 5.32 Å². The average molecular weight is 238 g/mol. The Labute approximate surface area is 103 Å². The number of aryl methyl sites for hydroxylation is 1. The van der Waals surface area contributed by atoms with E-state index in [1.165, 1.54) is 0 Å². The van der Waals surface area contributed by atoms with Gasteiger partial charge in [0, 0.05) is 6.04 Å². The van der Waals surface area contributed by atoms with Crippen molar-refractivity contribution in [3.63, 3.8) is 0 Å². The minimum absolute atomic E-state index is 0.0940. The maximum Gasteiger partial charge on any atom is 0.240 e. The average Bonchev–Trinajstić information content (AvgIpc) is 2.69. The van der Waals surface area contributed by atoms with Crippen molar-refractivity contribution in [1.29, 1.82) is 0 Å². The second-order valence-corrected chi connectivity index (χ2v) is 4.58. The number of carbonyl (C=O) groups is 1. The highest BCUT2D eigenvalue weighted by molar-refractivity contribution is 5.81. The molecule has 0 spiro atoms. The molecule has 0 aliphatic heterocycles. The van der Waals surface area contributed by atoms with E-state index in [-0.39, 0.29) is 18.0 Å². The summed E-state index contributed by atoms with van der Waals surface area (Å²) in [6.45, 7) is 8.31. The number of nitrogens with one attached hydrogen (secondary N) is 1. The Bertz CT molecular complexity index is 371. The van der Waals surface area contributed by atoms with Crippen LogP contribution in [0.4, 0.5) is 0 Å². The third-order valence-corrected chi connectivity index (χ3v) is 2.83. The highest BCUT2D eigenvalue weighted by Gasteiger charge is 2.22. The zero-order chi connectivity index (χ0) is 13.0. The lowest BCUT2D eigenvalue weighted by Crippen LogP contribution is -2.46. The molecular formula is C13H22N2O2. The van der Waals surface area contributed by atoms with Crippen molar-refractivity contribution in [3.8, 4) is 0 Å². The number of likely N-dealkylation sites (N-methyl/N-ethyl adjacent to an activating group) is 1. The van der Waals surface area contributed by atoms with Crippen LogP contribution in [-0.4, -0.2) is 29.9 Å². The monoisotopic (exact) mass is 238 g/mol. The largest absolute Gasteiger partial charge is 0.464 e. The Balaban J connectivity index is 2.76. The van der Waals surface area contributed by atoms with Crippen molar-refractivity contribution in [2.45, 2.75) is 46.3 Å². The summed E-state index contributed by atoms with van der Waals surface area (Å²) >= 11 is 0. The molecule has 0 saturated carbocycles. The highest BCUT2D eigenvalue weighted by Crippen LogP contribution is 2.13. The Kier molecular flexibility index (Phi) is 4.75. The SMILES string of the molecule is CNC(C)C(=O)N(Cc1ccc(C)o1)C(C)C. The molecule has 0 saturated heterocycles. The zero-order valence-corrected chi connectivity index (χ0v) is 11.3. The van der Waals surface area contributed by atoms with Crippen LogP contribution < -0.4 is 5.32 Å². The lowest BCUT2D eigenvalue weighted by Gasteiger charge is -2.28. The molecule has 0 aliphatic rings. The van der Waals surface area contributed by atoms with E-state index in [1.54, 1.807) is 7.05 Å². The standard InChI is InChI=1S/C13H22N2O2/c1-9(2)15(13(16)11(4)14-5)8-12-7-6-10(3)17-12/h6-7,9,11,14H,8H2,1-5H3. The van der Waals surface area contributed by atoms with Crippen molar-refractivity contribution < 1.29 is 9.21 Å². The fourth-order valence-corrected chi connectivity index (χ4v) is 1.63. The Morgan fingerprint density at radius 3 is 2.47 bits per heavy atom. The molecular weight excluding hydrogens is 216 g/mol. The third-order valence-electron chi connectivity index (χ3n) is 2.83. The zero-order valence-electron chi connectivity index (χ0n) is 11.3. The van der Waals surface area contributed by atoms with Crippen LogP contribution in [0, 0.1) is 6.92 Å². The number of furan rings is 1. The highest BCUT2D eigenvalue weighted by atomic mass is 16.3. The molecule has 0 fully saturated rings. The van der Waals surface area contributed by atoms with Crippen LogP contribution >= 0.6 is 0 Å². The van der Waals surface area contributed by atoms with Crippen LogP contribution in [0.5, 0.6) is 0 Å². The molecule has 4 heteroatoms. The predicted octanol–water partition coefficient (Wildman–Crippen LogP) is 1.93. The van der Waals surface area contributed by atoms with Crippen LogP contribution in [0.25, 0.3) is 0 Å². The van der Waals surface area contributed by atoms with Gasteiger partial charge in [-0.2, -0.15) is 0 Å². The summed E-state index contributed by atoms with van der Waals surface area (Å²) in [5, 5.41) is 2.97. The normalized spacial score (nSPS) is 12.8. The molecule has 17 heavy (non-hydrogen) atoms. The molecule has 4 nitrogen and oxygen atoms in total. The summed E-state index contributed by atoms with van der Waals surface area (Å²) < 4.78 is 5.51. The van der Waals surface area contributed by atoms with E-state index in [9.17, 15) is 4.79 Å². The van der Waals surface area contributed by atoms with Gasteiger partial charge in [0.05, 0.1) is 12.6 Å². The van der Waals surface area contributed by atoms with Gasteiger partial charge in [-0.25, -0.2) is 0 Å². The van der Waals surface area contributed by atoms with E-state index in [0.29, 0.717) is 6.54 Å². The minimum atomic E-state index is -0.173. The topological polar surface area (TPSA) is 45.5 Å². The van der Waals surface area contributed by atoms with Gasteiger partial charge in [-0.1, -0.05) is 0 Å². The van der Waals surface area contributed by atoms with Gasteiger partial charge in [0.25, 0.3) is 0 Å². The first-order valence-electron chi connectivity index (χ1n) is 5.98. The van der Waals surface area contributed by atoms with E-state index < -0.39 is 0 Å². The summed E-state index contributed by atoms with van der Waals surface area (Å²) in [6, 6.07) is 3.82. The molecule has 1 rings (SSSR count). The summed E-state index contributed by atoms with van der Waals surface area (Å²) in [5.74, 6) is 1.79. The summed E-state index contributed by atoms with van der Waals surface area (Å²) in [4.78, 5) is 14.0. The second-order valence-electron chi connectivity index (χ2n) is 4.58. The fraction of sp³-hybridized carbons (Fsp3) is 0.615. The predicted molar refractivity (Wildman–Crippen MR) is 67.7 cm³/mol. The van der Waals surface area contributed by atoms with E-state index in [4.69, 9.17) is 4.42 Å². The lowest BCUT2D eigenvalue weighted by molar-refractivity contribution is -0.135. The molecule has 1 atom stereocenters. The van der Waals surface area contributed by atoms with E-state index >= 15 is 0 Å². The van der Waals surface area contributed by atoms with Crippen molar-refractivity contribution in [1.82, 2.24) is 10.2 Å². The van der Waals surface area contributed by atoms with Gasteiger partial charge in [-0.15, -0.1) is 0 Å². The first-order chi connectivity index (χ1) is 7.95. The van der Waals surface area contributed by atoms with Crippen LogP contribution in [0.3, 0.4) is 0 Å². The number of hydrogen-bond acceptors (Lipinski definition) is 3. The number of nitrogens with zero attached hydrogens (tertiary/aromatic N) is 1. The molecule has 0 bridgehead atoms. The van der Waals surface area contributed by atoms with Crippen molar-refractivity contribution in [3.05, 3.63) is 23.7 Å². The number of amides is 1. The van der Waals surface area contributed by atoms with Crippen molar-refractivity contribution >= 4 is 5.91 Å². The van der Waals surface area contributed by atoms with Gasteiger partial charge in [0.1, 0.15) is 11.5 Å². The third kappa shape index (κ3) is 3.60. The first kappa shape index (κ1) is 13.8. The molecule has 1 heterocycles. The molecule has 1 unspecified atom stereocenters. The Morgan fingerprint density at radius 1 is 1.41 bits per heavy atom. The van der Waals surface area contributed by atoms with Gasteiger partial charge < -0.3 is 14.6 Å². The van der Waals surface area contributed by atoms with Gasteiger partial charge in [0.15, 0.2) is 0 Å². The van der Waals surface area contributed by atoms with Gasteiger partial charge >= 0.3 is 0 Å². The van der Waals surface area contributed by atoms with Gasteiger partial charge in [-0.3, -0.25) is 4.79 Å². The molecule has 0 aliphatic carbocycles. The Morgan fingerprint density at radius 2 is 2.06 bits per heavy atom. The fourth-order valence-electron chi connectivity index (χ4n) is 1.63. The van der Waals surface area contributed by atoms with E-state index in [1.807, 2.05) is 44.7 Å². The van der Waals surface area contributed by atoms with Crippen LogP contribution in [0.2, 0.25) is 0 Å². The molecule has 0 aromatic carbocycles. The number of rotatable bonds is 5. The summed E-state index contributed by atoms with van der Waals surface area (Å²) in [6.07, 6.45) is 0. The first-order valence-corrected chi connectivity index (χ1v) is 5.98. The van der Waals surface area contributed by atoms with Crippen molar-refractivity contribution in [2.75, 3.05) is 7.05 Å². The molecule has 1 N–H and O–H groups in total. The second kappa shape index (κ2) is 5.87. The summed E-state index contributed by atoms with van der Waals surface area (Å²) in [7, 11) is 1.79. The van der Waals surface area contributed by atoms with Gasteiger partial charge in [-0.05, 0) is 46.9 Å². The van der Waals surface area contributed by atoms with Gasteiger partial charge in [0.2, 0.25) is 5.91 Å². The van der Waals surface area contributed by atoms with Crippen LogP contribution in [0.1, 0.15) is 32.3 Å². The van der Waals surface area contributed by atoms with Crippen LogP contribution in [-0.2, 0) is 11.3 Å². The quantitative estimate of drug-likeness (QED) is 0.852. The molecule has 96 valence electrons. The number of hydrogen-bond donors (Lipinski definition) is 1. The minimum Gasteiger partial charge on any atom is -0.464 e. The molecule has 1 aromatic rings. The van der Waals surface area contributed by atoms with Crippen LogP contribution in [0.15, 0.2) is 16.5 Å². The maximum absolute atomic E-state index is 12.1. The number of carbonyl (C=O) groups excluding carboxylic acids is 1. The summed E-state index contributed by atoms with van der Waals surface area (Å²) in [5.41, 5.74) is 0. The Hall–Kier alpha value is -1.29. The lowest BCUT2D eigenvalue weighted by atomic mass is 10.2. The molecule has 1 aromatic heterocycles. The van der Waals surface area contributed by atoms with Crippen molar-refractivity contribution in [2.24, 2.45) is 0 Å². The smallest absolute Gasteiger partial charge is 0.240 e.